The lowest BCUT2D eigenvalue weighted by atomic mass is 10.0. The van der Waals surface area contributed by atoms with Crippen LogP contribution in [-0.4, -0.2) is 36.4 Å². The highest BCUT2D eigenvalue weighted by Gasteiger charge is 2.18. The van der Waals surface area contributed by atoms with Gasteiger partial charge in [-0.25, -0.2) is 0 Å². The summed E-state index contributed by atoms with van der Waals surface area (Å²) < 4.78 is 5.81. The van der Waals surface area contributed by atoms with E-state index in [4.69, 9.17) is 4.74 Å². The van der Waals surface area contributed by atoms with Crippen molar-refractivity contribution in [3.8, 4) is 5.75 Å². The van der Waals surface area contributed by atoms with Gasteiger partial charge in [0.2, 0.25) is 0 Å². The quantitative estimate of drug-likeness (QED) is 0.719. The van der Waals surface area contributed by atoms with E-state index in [1.807, 2.05) is 24.0 Å². The lowest BCUT2D eigenvalue weighted by molar-refractivity contribution is -0.118. The zero-order valence-electron chi connectivity index (χ0n) is 18.2. The van der Waals surface area contributed by atoms with E-state index in [0.717, 1.165) is 42.8 Å². The molecule has 30 heavy (non-hydrogen) atoms. The number of benzene rings is 2. The zero-order valence-corrected chi connectivity index (χ0v) is 18.2. The van der Waals surface area contributed by atoms with Crippen LogP contribution in [0.25, 0.3) is 0 Å². The van der Waals surface area contributed by atoms with Crippen LogP contribution >= 0.6 is 0 Å². The van der Waals surface area contributed by atoms with Gasteiger partial charge in [-0.3, -0.25) is 9.59 Å². The highest BCUT2D eigenvalue weighted by molar-refractivity contribution is 5.97. The highest BCUT2D eigenvalue weighted by atomic mass is 16.5. The largest absolute Gasteiger partial charge is 0.483 e. The molecule has 0 aliphatic carbocycles. The third-order valence-electron chi connectivity index (χ3n) is 5.44. The average molecular weight is 409 g/mol. The number of ether oxygens (including phenoxy) is 1. The second kappa shape index (κ2) is 10.3. The Kier molecular flexibility index (Phi) is 7.50. The van der Waals surface area contributed by atoms with Gasteiger partial charge in [0.25, 0.3) is 11.8 Å². The van der Waals surface area contributed by atoms with Gasteiger partial charge in [0.1, 0.15) is 5.75 Å². The van der Waals surface area contributed by atoms with Crippen molar-refractivity contribution in [2.75, 3.05) is 25.0 Å². The smallest absolute Gasteiger partial charge is 0.262 e. The maximum atomic E-state index is 12.8. The van der Waals surface area contributed by atoms with Crippen LogP contribution in [0.2, 0.25) is 0 Å². The van der Waals surface area contributed by atoms with Crippen molar-refractivity contribution in [3.05, 3.63) is 59.2 Å². The Hall–Kier alpha value is -2.82. The van der Waals surface area contributed by atoms with E-state index < -0.39 is 0 Å². The van der Waals surface area contributed by atoms with Crippen LogP contribution in [0, 0.1) is 6.92 Å². The summed E-state index contributed by atoms with van der Waals surface area (Å²) in [4.78, 5) is 27.2. The average Bonchev–Trinajstić information content (AvgIpc) is 3.01. The normalized spacial score (nSPS) is 14.3. The molecule has 0 radical (unpaired) electrons. The van der Waals surface area contributed by atoms with Crippen LogP contribution in [-0.2, 0) is 4.79 Å². The van der Waals surface area contributed by atoms with E-state index in [1.54, 1.807) is 24.3 Å². The second-order valence-electron chi connectivity index (χ2n) is 8.32. The fraction of sp³-hybridized carbons (Fsp3) is 0.440. The molecule has 160 valence electrons. The molecule has 0 bridgehead atoms. The molecule has 5 heteroatoms. The molecule has 0 aromatic heterocycles. The van der Waals surface area contributed by atoms with Crippen molar-refractivity contribution in [1.29, 1.82) is 0 Å². The first-order valence-corrected chi connectivity index (χ1v) is 10.9. The topological polar surface area (TPSA) is 58.6 Å². The van der Waals surface area contributed by atoms with Crippen LogP contribution < -0.4 is 10.1 Å². The molecule has 0 atom stereocenters. The predicted molar refractivity (Wildman–Crippen MR) is 120 cm³/mol. The van der Waals surface area contributed by atoms with Gasteiger partial charge >= 0.3 is 0 Å². The summed E-state index contributed by atoms with van der Waals surface area (Å²) in [6.45, 7) is 7.74. The molecule has 2 aromatic carbocycles. The second-order valence-corrected chi connectivity index (χ2v) is 8.32. The number of amides is 2. The molecule has 0 unspecified atom stereocenters. The number of rotatable bonds is 6. The summed E-state index contributed by atoms with van der Waals surface area (Å²) in [6.07, 6.45) is 4.46. The van der Waals surface area contributed by atoms with Crippen molar-refractivity contribution in [2.24, 2.45) is 0 Å². The van der Waals surface area contributed by atoms with Crippen LogP contribution in [0.4, 0.5) is 5.69 Å². The van der Waals surface area contributed by atoms with Gasteiger partial charge in [0.15, 0.2) is 6.61 Å². The molecular weight excluding hydrogens is 376 g/mol. The molecule has 2 aromatic rings. The van der Waals surface area contributed by atoms with Gasteiger partial charge in [0, 0.05) is 24.3 Å². The van der Waals surface area contributed by atoms with E-state index in [0.29, 0.717) is 17.2 Å². The van der Waals surface area contributed by atoms with Gasteiger partial charge in [-0.1, -0.05) is 44.9 Å². The van der Waals surface area contributed by atoms with Crippen LogP contribution in [0.1, 0.15) is 66.9 Å². The van der Waals surface area contributed by atoms with Crippen LogP contribution in [0.15, 0.2) is 42.5 Å². The Bertz CT molecular complexity index is 884. The first kappa shape index (κ1) is 21.9. The fourth-order valence-corrected chi connectivity index (χ4v) is 3.77. The van der Waals surface area contributed by atoms with Crippen LogP contribution in [0.3, 0.4) is 0 Å². The first-order chi connectivity index (χ1) is 14.4. The van der Waals surface area contributed by atoms with Gasteiger partial charge in [-0.15, -0.1) is 0 Å². The predicted octanol–water partition coefficient (Wildman–Crippen LogP) is 5.15. The Morgan fingerprint density at radius 3 is 2.47 bits per heavy atom. The molecule has 1 aliphatic rings. The van der Waals surface area contributed by atoms with E-state index in [-0.39, 0.29) is 18.4 Å². The molecular formula is C25H32N2O3. The number of nitrogens with one attached hydrogen (secondary N) is 1. The number of carbonyl (C=O) groups is 2. The number of nitrogens with zero attached hydrogens (tertiary/aromatic N) is 1. The highest BCUT2D eigenvalue weighted by Crippen LogP contribution is 2.27. The maximum absolute atomic E-state index is 12.8. The lowest BCUT2D eigenvalue weighted by Gasteiger charge is -2.20. The Balaban J connectivity index is 1.61. The fourth-order valence-electron chi connectivity index (χ4n) is 3.77. The summed E-state index contributed by atoms with van der Waals surface area (Å²) in [5, 5.41) is 2.85. The minimum Gasteiger partial charge on any atom is -0.483 e. The number of carbonyl (C=O) groups excluding carboxylic acids is 2. The summed E-state index contributed by atoms with van der Waals surface area (Å²) in [5.74, 6) is 0.840. The van der Waals surface area contributed by atoms with Gasteiger partial charge in [-0.05, 0) is 61.1 Å². The van der Waals surface area contributed by atoms with E-state index in [2.05, 4.69) is 25.2 Å². The summed E-state index contributed by atoms with van der Waals surface area (Å²) in [7, 11) is 0. The number of aryl methyl sites for hydroxylation is 1. The van der Waals surface area contributed by atoms with E-state index >= 15 is 0 Å². The molecule has 1 aliphatic heterocycles. The molecule has 0 saturated carbocycles. The number of likely N-dealkylation sites (tertiary alicyclic amines) is 1. The monoisotopic (exact) mass is 408 g/mol. The third kappa shape index (κ3) is 5.85. The van der Waals surface area contributed by atoms with E-state index in [9.17, 15) is 9.59 Å². The molecule has 3 rings (SSSR count). The zero-order chi connectivity index (χ0) is 21.5. The molecule has 2 amide bonds. The summed E-state index contributed by atoms with van der Waals surface area (Å²) in [5.41, 5.74) is 3.39. The van der Waals surface area contributed by atoms with Crippen molar-refractivity contribution < 1.29 is 14.3 Å². The number of anilines is 1. The minimum absolute atomic E-state index is 0.0329. The molecule has 1 heterocycles. The Morgan fingerprint density at radius 2 is 1.77 bits per heavy atom. The minimum atomic E-state index is -0.245. The summed E-state index contributed by atoms with van der Waals surface area (Å²) >= 11 is 0. The van der Waals surface area contributed by atoms with E-state index in [1.165, 1.54) is 12.8 Å². The molecule has 1 N–H and O–H groups in total. The molecule has 1 saturated heterocycles. The molecule has 0 spiro atoms. The van der Waals surface area contributed by atoms with Crippen LogP contribution in [0.5, 0.6) is 5.75 Å². The van der Waals surface area contributed by atoms with Gasteiger partial charge < -0.3 is 15.0 Å². The van der Waals surface area contributed by atoms with Gasteiger partial charge in [0.05, 0.1) is 0 Å². The maximum Gasteiger partial charge on any atom is 0.262 e. The summed E-state index contributed by atoms with van der Waals surface area (Å²) in [6, 6.07) is 13.2. The Morgan fingerprint density at radius 1 is 1.03 bits per heavy atom. The van der Waals surface area contributed by atoms with Crippen molar-refractivity contribution in [2.45, 2.75) is 52.4 Å². The lowest BCUT2D eigenvalue weighted by Crippen LogP contribution is -2.31. The number of hydrogen-bond donors (Lipinski definition) is 1. The SMILES string of the molecule is Cc1ccc(C(C)C)c(OCC(=O)Nc2cccc(C(=O)N3CCCCCC3)c2)c1. The first-order valence-electron chi connectivity index (χ1n) is 10.9. The molecule has 1 fully saturated rings. The Labute approximate surface area is 179 Å². The third-order valence-corrected chi connectivity index (χ3v) is 5.44. The van der Waals surface area contributed by atoms with Crippen molar-refractivity contribution >= 4 is 17.5 Å². The van der Waals surface area contributed by atoms with Crippen molar-refractivity contribution in [1.82, 2.24) is 4.90 Å². The molecule has 5 nitrogen and oxygen atoms in total. The van der Waals surface area contributed by atoms with Gasteiger partial charge in [-0.2, -0.15) is 0 Å². The number of hydrogen-bond acceptors (Lipinski definition) is 3. The standard InChI is InChI=1S/C25H32N2O3/c1-18(2)22-12-11-19(3)15-23(22)30-17-24(28)26-21-10-8-9-20(16-21)25(29)27-13-6-4-5-7-14-27/h8-12,15-16,18H,4-7,13-14,17H2,1-3H3,(H,26,28). The van der Waals surface area contributed by atoms with Crippen molar-refractivity contribution in [3.63, 3.8) is 0 Å².